The first-order valence-electron chi connectivity index (χ1n) is 17.5. The van der Waals surface area contributed by atoms with Gasteiger partial charge in [0.05, 0.1) is 0 Å². The van der Waals surface area contributed by atoms with Crippen molar-refractivity contribution in [2.45, 2.75) is 19.3 Å². The molecule has 0 fully saturated rings. The summed E-state index contributed by atoms with van der Waals surface area (Å²) in [6.45, 7) is 4.71. The fourth-order valence-electron chi connectivity index (χ4n) is 8.38. The Morgan fingerprint density at radius 1 is 0.333 bits per heavy atom. The second-order valence-corrected chi connectivity index (χ2v) is 14.0. The molecule has 0 aliphatic heterocycles. The van der Waals surface area contributed by atoms with E-state index in [9.17, 15) is 0 Å². The molecule has 0 saturated heterocycles. The van der Waals surface area contributed by atoms with Gasteiger partial charge in [-0.05, 0) is 66.2 Å². The van der Waals surface area contributed by atoms with Crippen molar-refractivity contribution in [3.05, 3.63) is 175 Å². The van der Waals surface area contributed by atoms with E-state index in [1.165, 1.54) is 38.6 Å². The van der Waals surface area contributed by atoms with E-state index >= 15 is 0 Å². The van der Waals surface area contributed by atoms with E-state index in [0.29, 0.717) is 17.5 Å². The molecule has 240 valence electrons. The number of hydrogen-bond donors (Lipinski definition) is 0. The molecule has 0 saturated carbocycles. The fourth-order valence-corrected chi connectivity index (χ4v) is 8.38. The summed E-state index contributed by atoms with van der Waals surface area (Å²) in [6, 6.07) is 58.3. The van der Waals surface area contributed by atoms with Crippen molar-refractivity contribution in [1.29, 1.82) is 0 Å². The molecule has 0 amide bonds. The molecule has 1 aromatic heterocycles. The topological polar surface area (TPSA) is 38.7 Å². The van der Waals surface area contributed by atoms with E-state index in [4.69, 9.17) is 15.0 Å². The summed E-state index contributed by atoms with van der Waals surface area (Å²) in [7, 11) is 0. The van der Waals surface area contributed by atoms with Crippen molar-refractivity contribution < 1.29 is 0 Å². The average molecular weight is 652 g/mol. The number of aromatic nitrogens is 3. The minimum Gasteiger partial charge on any atom is -0.208 e. The Morgan fingerprint density at radius 2 is 0.765 bits per heavy atom. The summed E-state index contributed by atoms with van der Waals surface area (Å²) in [5.74, 6) is 1.97. The Bertz CT molecular complexity index is 2740. The van der Waals surface area contributed by atoms with Crippen molar-refractivity contribution in [3.8, 4) is 56.4 Å². The number of hydrogen-bond acceptors (Lipinski definition) is 3. The zero-order valence-corrected chi connectivity index (χ0v) is 28.4. The number of fused-ring (bicyclic) bond motifs is 6. The maximum absolute atomic E-state index is 5.37. The molecular weight excluding hydrogens is 619 g/mol. The van der Waals surface area contributed by atoms with Gasteiger partial charge in [-0.15, -0.1) is 0 Å². The molecule has 3 nitrogen and oxygen atoms in total. The maximum Gasteiger partial charge on any atom is 0.164 e. The SMILES string of the molecule is CC1(C)c2ccccc2-c2cccc(-c3c(-c4nc(-c5cccc6ccccc56)nc(-c5cccc6ccccc56)n4)ccc4ccccc34)c21. The van der Waals surface area contributed by atoms with Crippen molar-refractivity contribution in [2.75, 3.05) is 0 Å². The maximum atomic E-state index is 5.37. The van der Waals surface area contributed by atoms with Gasteiger partial charge in [0.15, 0.2) is 17.5 Å². The standard InChI is InChI=1S/C48H33N3/c1-48(2)42-27-10-9-22-36(42)37-23-13-26-40(44(37)48)43-35-21-8-5-16-32(35)28-29-41(43)47-50-45(38-24-11-17-30-14-3-6-19-33(30)38)49-46(51-47)39-25-12-18-31-15-4-7-20-34(31)39/h3-29H,1-2H3. The Hall–Kier alpha value is -6.45. The largest absolute Gasteiger partial charge is 0.208 e. The van der Waals surface area contributed by atoms with Crippen LogP contribution in [0.25, 0.3) is 88.7 Å². The van der Waals surface area contributed by atoms with Crippen LogP contribution in [0, 0.1) is 0 Å². The molecule has 0 unspecified atom stereocenters. The molecule has 1 aliphatic rings. The van der Waals surface area contributed by atoms with Gasteiger partial charge in [-0.2, -0.15) is 0 Å². The summed E-state index contributed by atoms with van der Waals surface area (Å²) < 4.78 is 0. The summed E-state index contributed by atoms with van der Waals surface area (Å²) in [4.78, 5) is 16.0. The molecule has 51 heavy (non-hydrogen) atoms. The second-order valence-electron chi connectivity index (χ2n) is 14.0. The lowest BCUT2D eigenvalue weighted by Crippen LogP contribution is -2.16. The van der Waals surface area contributed by atoms with Crippen LogP contribution < -0.4 is 0 Å². The molecular formula is C48H33N3. The van der Waals surface area contributed by atoms with Crippen LogP contribution in [0.5, 0.6) is 0 Å². The first kappa shape index (κ1) is 29.5. The number of benzene rings is 8. The number of nitrogens with zero attached hydrogens (tertiary/aromatic N) is 3. The van der Waals surface area contributed by atoms with Gasteiger partial charge in [-0.1, -0.05) is 172 Å². The molecule has 0 atom stereocenters. The normalized spacial score (nSPS) is 13.1. The van der Waals surface area contributed by atoms with Crippen LogP contribution in [-0.4, -0.2) is 15.0 Å². The van der Waals surface area contributed by atoms with E-state index < -0.39 is 0 Å². The van der Waals surface area contributed by atoms with Gasteiger partial charge in [-0.3, -0.25) is 0 Å². The van der Waals surface area contributed by atoms with Gasteiger partial charge in [0.2, 0.25) is 0 Å². The first-order chi connectivity index (χ1) is 25.1. The summed E-state index contributed by atoms with van der Waals surface area (Å²) in [5.41, 5.74) is 10.4. The zero-order valence-electron chi connectivity index (χ0n) is 28.4. The predicted molar refractivity (Wildman–Crippen MR) is 212 cm³/mol. The van der Waals surface area contributed by atoms with E-state index in [1.807, 2.05) is 0 Å². The van der Waals surface area contributed by atoms with Gasteiger partial charge in [-0.25, -0.2) is 15.0 Å². The van der Waals surface area contributed by atoms with Gasteiger partial charge >= 0.3 is 0 Å². The minimum atomic E-state index is -0.196. The van der Waals surface area contributed by atoms with Gasteiger partial charge in [0.1, 0.15) is 0 Å². The third-order valence-corrected chi connectivity index (χ3v) is 10.7. The van der Waals surface area contributed by atoms with Crippen LogP contribution in [0.3, 0.4) is 0 Å². The molecule has 8 aromatic carbocycles. The highest BCUT2D eigenvalue weighted by atomic mass is 15.0. The van der Waals surface area contributed by atoms with Crippen molar-refractivity contribution in [1.82, 2.24) is 15.0 Å². The average Bonchev–Trinajstić information content (AvgIpc) is 3.43. The van der Waals surface area contributed by atoms with Crippen LogP contribution >= 0.6 is 0 Å². The molecule has 3 heteroatoms. The Balaban J connectivity index is 1.30. The molecule has 0 radical (unpaired) electrons. The van der Waals surface area contributed by atoms with Crippen LogP contribution in [0.2, 0.25) is 0 Å². The highest BCUT2D eigenvalue weighted by Crippen LogP contribution is 2.53. The van der Waals surface area contributed by atoms with E-state index in [0.717, 1.165) is 43.8 Å². The molecule has 0 bridgehead atoms. The zero-order chi connectivity index (χ0) is 34.1. The Kier molecular flexibility index (Phi) is 6.53. The van der Waals surface area contributed by atoms with Gasteiger partial charge < -0.3 is 0 Å². The van der Waals surface area contributed by atoms with Gasteiger partial charge in [0, 0.05) is 27.7 Å². The summed E-state index contributed by atoms with van der Waals surface area (Å²) >= 11 is 0. The highest BCUT2D eigenvalue weighted by Gasteiger charge is 2.38. The van der Waals surface area contributed by atoms with E-state index in [2.05, 4.69) is 178 Å². The predicted octanol–water partition coefficient (Wildman–Crippen LogP) is 12.3. The van der Waals surface area contributed by atoms with Gasteiger partial charge in [0.25, 0.3) is 0 Å². The van der Waals surface area contributed by atoms with E-state index in [-0.39, 0.29) is 5.41 Å². The van der Waals surface area contributed by atoms with Crippen molar-refractivity contribution >= 4 is 32.3 Å². The lowest BCUT2D eigenvalue weighted by atomic mass is 9.77. The summed E-state index contributed by atoms with van der Waals surface area (Å²) in [5, 5.41) is 6.88. The third-order valence-electron chi connectivity index (χ3n) is 10.7. The molecule has 0 spiro atoms. The highest BCUT2D eigenvalue weighted by molar-refractivity contribution is 6.06. The molecule has 10 rings (SSSR count). The second kappa shape index (κ2) is 11.3. The van der Waals surface area contributed by atoms with E-state index in [1.54, 1.807) is 0 Å². The molecule has 9 aromatic rings. The molecule has 1 aliphatic carbocycles. The third kappa shape index (κ3) is 4.55. The van der Waals surface area contributed by atoms with Crippen molar-refractivity contribution in [3.63, 3.8) is 0 Å². The van der Waals surface area contributed by atoms with Crippen LogP contribution in [0.4, 0.5) is 0 Å². The molecule has 0 N–H and O–H groups in total. The number of rotatable bonds is 4. The summed E-state index contributed by atoms with van der Waals surface area (Å²) in [6.07, 6.45) is 0. The quantitative estimate of drug-likeness (QED) is 0.190. The van der Waals surface area contributed by atoms with Crippen LogP contribution in [0.15, 0.2) is 164 Å². The Labute approximate surface area is 297 Å². The lowest BCUT2D eigenvalue weighted by Gasteiger charge is -2.26. The van der Waals surface area contributed by atoms with Crippen LogP contribution in [0.1, 0.15) is 25.0 Å². The fraction of sp³-hybridized carbons (Fsp3) is 0.0625. The van der Waals surface area contributed by atoms with Crippen LogP contribution in [-0.2, 0) is 5.41 Å². The minimum absolute atomic E-state index is 0.196. The monoisotopic (exact) mass is 651 g/mol. The smallest absolute Gasteiger partial charge is 0.164 e. The molecule has 1 heterocycles. The Morgan fingerprint density at radius 3 is 1.41 bits per heavy atom. The van der Waals surface area contributed by atoms with Crippen molar-refractivity contribution in [2.24, 2.45) is 0 Å². The first-order valence-corrected chi connectivity index (χ1v) is 17.5. The lowest BCUT2D eigenvalue weighted by molar-refractivity contribution is 0.662.